The van der Waals surface area contributed by atoms with Crippen molar-refractivity contribution in [1.29, 1.82) is 5.26 Å². The lowest BCUT2D eigenvalue weighted by molar-refractivity contribution is -0.119. The van der Waals surface area contributed by atoms with Crippen LogP contribution in [-0.4, -0.2) is 11.9 Å². The molecule has 0 radical (unpaired) electrons. The summed E-state index contributed by atoms with van der Waals surface area (Å²) in [6, 6.07) is 1.07. The number of hydrogen-bond donors (Lipinski definition) is 1. The molecule has 0 spiro atoms. The molecule has 60 valence electrons. The summed E-state index contributed by atoms with van der Waals surface area (Å²) in [6.45, 7) is 0. The highest BCUT2D eigenvalue weighted by Crippen LogP contribution is 1.99. The zero-order chi connectivity index (χ0) is 8.69. The van der Waals surface area contributed by atoms with E-state index in [0.717, 1.165) is 0 Å². The Kier molecular flexibility index (Phi) is 4.86. The Balaban J connectivity index is 3.53. The second kappa shape index (κ2) is 5.50. The number of hydrogen-bond acceptors (Lipinski definition) is 4. The van der Waals surface area contributed by atoms with Crippen molar-refractivity contribution in [3.63, 3.8) is 0 Å². The van der Waals surface area contributed by atoms with Crippen molar-refractivity contribution in [1.82, 2.24) is 0 Å². The van der Waals surface area contributed by atoms with E-state index in [1.54, 1.807) is 0 Å². The number of nitrogens with zero attached hydrogens (tertiary/aromatic N) is 2. The summed E-state index contributed by atoms with van der Waals surface area (Å²) in [5.41, 5.74) is 5.22. The monoisotopic (exact) mass is 155 g/mol. The molecular weight excluding hydrogens is 146 g/mol. The van der Waals surface area contributed by atoms with Gasteiger partial charge in [0, 0.05) is 11.6 Å². The van der Waals surface area contributed by atoms with Crippen molar-refractivity contribution in [2.45, 2.75) is 25.3 Å². The highest BCUT2D eigenvalue weighted by molar-refractivity contribution is 5.81. The lowest BCUT2D eigenvalue weighted by atomic mass is 10.1. The Morgan fingerprint density at radius 2 is 2.36 bits per heavy atom. The van der Waals surface area contributed by atoms with E-state index in [4.69, 9.17) is 11.0 Å². The molecule has 0 heterocycles. The Morgan fingerprint density at radius 3 is 2.82 bits per heavy atom. The molecule has 0 aliphatic carbocycles. The number of unbranched alkanes of at least 4 members (excludes halogenated alkanes) is 1. The maximum absolute atomic E-state index is 10.4. The molecule has 0 rings (SSSR count). The molecule has 5 heteroatoms. The number of rotatable bonds is 4. The standard InChI is InChI=1S/C6H9N3O2/c7-4-2-1-3-5(8)6(10)9-11/h5H,1-3,8H2. The van der Waals surface area contributed by atoms with Gasteiger partial charge in [0.1, 0.15) is 0 Å². The van der Waals surface area contributed by atoms with Crippen molar-refractivity contribution in [3.05, 3.63) is 4.91 Å². The third kappa shape index (κ3) is 4.17. The predicted molar refractivity (Wildman–Crippen MR) is 38.2 cm³/mol. The number of nitriles is 1. The van der Waals surface area contributed by atoms with E-state index >= 15 is 0 Å². The van der Waals surface area contributed by atoms with Gasteiger partial charge < -0.3 is 5.73 Å². The normalized spacial score (nSPS) is 11.6. The van der Waals surface area contributed by atoms with E-state index in [9.17, 15) is 9.70 Å². The van der Waals surface area contributed by atoms with Gasteiger partial charge in [-0.1, -0.05) is 0 Å². The van der Waals surface area contributed by atoms with Crippen LogP contribution < -0.4 is 5.73 Å². The van der Waals surface area contributed by atoms with Crippen LogP contribution in [0.25, 0.3) is 0 Å². The highest BCUT2D eigenvalue weighted by atomic mass is 16.3. The van der Waals surface area contributed by atoms with Crippen LogP contribution in [0.4, 0.5) is 0 Å². The van der Waals surface area contributed by atoms with E-state index in [-0.39, 0.29) is 0 Å². The molecule has 1 atom stereocenters. The summed E-state index contributed by atoms with van der Waals surface area (Å²) < 4.78 is 0. The maximum atomic E-state index is 10.4. The Hall–Kier alpha value is -1.28. The molecule has 0 aliphatic rings. The minimum absolute atomic E-state index is 0.345. The van der Waals surface area contributed by atoms with Crippen LogP contribution in [0.2, 0.25) is 0 Å². The second-order valence-corrected chi connectivity index (χ2v) is 2.09. The van der Waals surface area contributed by atoms with Crippen LogP contribution >= 0.6 is 0 Å². The molecule has 11 heavy (non-hydrogen) atoms. The number of amides is 1. The van der Waals surface area contributed by atoms with Gasteiger partial charge in [0.2, 0.25) is 0 Å². The summed E-state index contributed by atoms with van der Waals surface area (Å²) in [5.74, 6) is -0.845. The minimum atomic E-state index is -0.845. The van der Waals surface area contributed by atoms with Crippen LogP contribution in [0.5, 0.6) is 0 Å². The second-order valence-electron chi connectivity index (χ2n) is 2.09. The van der Waals surface area contributed by atoms with Gasteiger partial charge in [0.05, 0.1) is 12.1 Å². The van der Waals surface area contributed by atoms with Crippen molar-refractivity contribution in [2.24, 2.45) is 10.9 Å². The van der Waals surface area contributed by atoms with E-state index in [1.807, 2.05) is 6.07 Å². The summed E-state index contributed by atoms with van der Waals surface area (Å²) in [7, 11) is 0. The van der Waals surface area contributed by atoms with E-state index in [1.165, 1.54) is 0 Å². The minimum Gasteiger partial charge on any atom is -0.320 e. The third-order valence-electron chi connectivity index (χ3n) is 1.21. The molecule has 0 aromatic rings. The molecule has 0 saturated carbocycles. The molecule has 0 saturated heterocycles. The average molecular weight is 155 g/mol. The van der Waals surface area contributed by atoms with Gasteiger partial charge in [-0.3, -0.25) is 4.79 Å². The number of carbonyl (C=O) groups excluding carboxylic acids is 1. The van der Waals surface area contributed by atoms with Crippen molar-refractivity contribution in [3.8, 4) is 6.07 Å². The molecule has 0 fully saturated rings. The first-order chi connectivity index (χ1) is 5.22. The van der Waals surface area contributed by atoms with E-state index < -0.39 is 11.9 Å². The Morgan fingerprint density at radius 1 is 1.73 bits per heavy atom. The molecule has 0 aromatic carbocycles. The smallest absolute Gasteiger partial charge is 0.302 e. The zero-order valence-electron chi connectivity index (χ0n) is 5.99. The van der Waals surface area contributed by atoms with Gasteiger partial charge in [0.25, 0.3) is 0 Å². The fourth-order valence-electron chi connectivity index (χ4n) is 0.592. The summed E-state index contributed by atoms with van der Waals surface area (Å²) in [6.07, 6.45) is 1.22. The van der Waals surface area contributed by atoms with Gasteiger partial charge in [-0.05, 0) is 12.8 Å². The number of nitrogens with two attached hydrogens (primary N) is 1. The quantitative estimate of drug-likeness (QED) is 0.466. The summed E-state index contributed by atoms with van der Waals surface area (Å²) in [4.78, 5) is 20.1. The molecule has 0 aliphatic heterocycles. The van der Waals surface area contributed by atoms with Crippen molar-refractivity contribution in [2.75, 3.05) is 0 Å². The first-order valence-corrected chi connectivity index (χ1v) is 3.22. The molecule has 0 bridgehead atoms. The summed E-state index contributed by atoms with van der Waals surface area (Å²) >= 11 is 0. The number of nitroso groups, excluding NO2 is 1. The fourth-order valence-corrected chi connectivity index (χ4v) is 0.592. The van der Waals surface area contributed by atoms with Crippen LogP contribution in [0.15, 0.2) is 5.18 Å². The highest BCUT2D eigenvalue weighted by Gasteiger charge is 2.12. The zero-order valence-corrected chi connectivity index (χ0v) is 5.99. The first kappa shape index (κ1) is 9.72. The number of carbonyl (C=O) groups is 1. The van der Waals surface area contributed by atoms with Gasteiger partial charge in [-0.15, -0.1) is 4.91 Å². The van der Waals surface area contributed by atoms with Crippen molar-refractivity contribution >= 4 is 5.91 Å². The largest absolute Gasteiger partial charge is 0.320 e. The maximum Gasteiger partial charge on any atom is 0.302 e. The molecule has 1 amide bonds. The van der Waals surface area contributed by atoms with Gasteiger partial charge in [-0.2, -0.15) is 5.26 Å². The Bertz CT molecular complexity index is 185. The van der Waals surface area contributed by atoms with Gasteiger partial charge >= 0.3 is 5.91 Å². The lowest BCUT2D eigenvalue weighted by Crippen LogP contribution is -2.28. The molecule has 0 aromatic heterocycles. The van der Waals surface area contributed by atoms with Gasteiger partial charge in [-0.25, -0.2) is 0 Å². The molecule has 1 unspecified atom stereocenters. The lowest BCUT2D eigenvalue weighted by Gasteiger charge is -2.01. The molecule has 2 N–H and O–H groups in total. The van der Waals surface area contributed by atoms with Crippen LogP contribution in [0.1, 0.15) is 19.3 Å². The summed E-state index contributed by atoms with van der Waals surface area (Å²) in [5, 5.41) is 10.3. The predicted octanol–water partition coefficient (Wildman–Crippen LogP) is 0.301. The van der Waals surface area contributed by atoms with Crippen molar-refractivity contribution < 1.29 is 4.79 Å². The molecular formula is C6H9N3O2. The van der Waals surface area contributed by atoms with Crippen LogP contribution in [0.3, 0.4) is 0 Å². The van der Waals surface area contributed by atoms with E-state index in [0.29, 0.717) is 19.3 Å². The van der Waals surface area contributed by atoms with Gasteiger partial charge in [0.15, 0.2) is 0 Å². The first-order valence-electron chi connectivity index (χ1n) is 3.22. The topological polar surface area (TPSA) is 96.3 Å². The van der Waals surface area contributed by atoms with Crippen LogP contribution in [-0.2, 0) is 4.79 Å². The van der Waals surface area contributed by atoms with E-state index in [2.05, 4.69) is 5.18 Å². The SMILES string of the molecule is N#CCCCC(N)C(=O)N=O. The van der Waals surface area contributed by atoms with Crippen LogP contribution in [0, 0.1) is 16.2 Å². The Labute approximate surface area is 64.2 Å². The molecule has 5 nitrogen and oxygen atoms in total. The average Bonchev–Trinajstić information content (AvgIpc) is 2.03. The fraction of sp³-hybridized carbons (Fsp3) is 0.667. The third-order valence-corrected chi connectivity index (χ3v) is 1.21.